The van der Waals surface area contributed by atoms with Crippen LogP contribution in [0, 0.1) is 0 Å². The molecule has 2 aromatic carbocycles. The fourth-order valence-electron chi connectivity index (χ4n) is 5.09. The summed E-state index contributed by atoms with van der Waals surface area (Å²) < 4.78 is 13.1. The molecule has 0 bridgehead atoms. The molecule has 1 saturated heterocycles. The first-order valence-electron chi connectivity index (χ1n) is 11.9. The summed E-state index contributed by atoms with van der Waals surface area (Å²) in [6, 6.07) is 17.7. The number of rotatable bonds is 7. The average molecular weight is 462 g/mol. The van der Waals surface area contributed by atoms with E-state index in [1.165, 1.54) is 0 Å². The Labute approximate surface area is 199 Å². The van der Waals surface area contributed by atoms with E-state index in [-0.39, 0.29) is 17.9 Å². The van der Waals surface area contributed by atoms with E-state index in [0.29, 0.717) is 31.7 Å². The van der Waals surface area contributed by atoms with Gasteiger partial charge < -0.3 is 24.3 Å². The lowest BCUT2D eigenvalue weighted by Gasteiger charge is -2.44. The number of fused-ring (bicyclic) bond motifs is 3. The van der Waals surface area contributed by atoms with Crippen LogP contribution in [-0.4, -0.2) is 59.7 Å². The SMILES string of the molecule is COc1ccc2cc3n(c2c1)C[C@@](C)(C(=O)NC[C@H]1CCCO1)N(CCc1ccccc1)C3=O. The first-order valence-corrected chi connectivity index (χ1v) is 11.9. The lowest BCUT2D eigenvalue weighted by Crippen LogP contribution is -2.64. The average Bonchev–Trinajstić information content (AvgIpc) is 3.50. The van der Waals surface area contributed by atoms with Crippen molar-refractivity contribution in [2.24, 2.45) is 0 Å². The van der Waals surface area contributed by atoms with Crippen LogP contribution in [0.25, 0.3) is 10.9 Å². The molecule has 2 aliphatic heterocycles. The number of nitrogens with one attached hydrogen (secondary N) is 1. The highest BCUT2D eigenvalue weighted by Crippen LogP contribution is 2.34. The Balaban J connectivity index is 1.49. The van der Waals surface area contributed by atoms with Crippen molar-refractivity contribution in [3.05, 3.63) is 65.9 Å². The molecule has 3 heterocycles. The number of methoxy groups -OCH3 is 1. The van der Waals surface area contributed by atoms with E-state index in [0.717, 1.165) is 41.7 Å². The Bertz CT molecular complexity index is 1200. The van der Waals surface area contributed by atoms with Crippen LogP contribution >= 0.6 is 0 Å². The van der Waals surface area contributed by atoms with Crippen molar-refractivity contribution in [3.63, 3.8) is 0 Å². The molecule has 2 amide bonds. The van der Waals surface area contributed by atoms with Crippen molar-refractivity contribution in [1.82, 2.24) is 14.8 Å². The van der Waals surface area contributed by atoms with Crippen LogP contribution in [0.5, 0.6) is 5.75 Å². The third-order valence-electron chi connectivity index (χ3n) is 7.11. The van der Waals surface area contributed by atoms with E-state index in [4.69, 9.17) is 9.47 Å². The van der Waals surface area contributed by atoms with Crippen LogP contribution < -0.4 is 10.1 Å². The van der Waals surface area contributed by atoms with E-state index in [1.54, 1.807) is 12.0 Å². The van der Waals surface area contributed by atoms with Gasteiger partial charge >= 0.3 is 0 Å². The number of nitrogens with zero attached hydrogens (tertiary/aromatic N) is 2. The number of carbonyl (C=O) groups is 2. The zero-order chi connectivity index (χ0) is 23.7. The van der Waals surface area contributed by atoms with Crippen molar-refractivity contribution in [1.29, 1.82) is 0 Å². The minimum Gasteiger partial charge on any atom is -0.497 e. The second-order valence-corrected chi connectivity index (χ2v) is 9.35. The zero-order valence-electron chi connectivity index (χ0n) is 19.8. The summed E-state index contributed by atoms with van der Waals surface area (Å²) in [7, 11) is 1.63. The molecule has 0 aliphatic carbocycles. The number of benzene rings is 2. The van der Waals surface area contributed by atoms with E-state index in [2.05, 4.69) is 5.32 Å². The van der Waals surface area contributed by atoms with Crippen molar-refractivity contribution < 1.29 is 19.1 Å². The summed E-state index contributed by atoms with van der Waals surface area (Å²) in [6.07, 6.45) is 2.67. The van der Waals surface area contributed by atoms with Crippen LogP contribution in [0.15, 0.2) is 54.6 Å². The molecule has 7 nitrogen and oxygen atoms in total. The van der Waals surface area contributed by atoms with Gasteiger partial charge in [0.25, 0.3) is 5.91 Å². The van der Waals surface area contributed by atoms with Gasteiger partial charge in [-0.25, -0.2) is 0 Å². The molecule has 1 aromatic heterocycles. The molecule has 0 saturated carbocycles. The number of ether oxygens (including phenoxy) is 2. The number of hydrogen-bond acceptors (Lipinski definition) is 4. The maximum atomic E-state index is 13.8. The summed E-state index contributed by atoms with van der Waals surface area (Å²) in [5.41, 5.74) is 1.59. The lowest BCUT2D eigenvalue weighted by atomic mass is 9.93. The Morgan fingerprint density at radius 3 is 2.76 bits per heavy atom. The van der Waals surface area contributed by atoms with E-state index in [9.17, 15) is 9.59 Å². The highest BCUT2D eigenvalue weighted by atomic mass is 16.5. The molecule has 3 aromatic rings. The highest BCUT2D eigenvalue weighted by molar-refractivity contribution is 6.03. The van der Waals surface area contributed by atoms with Crippen LogP contribution in [0.2, 0.25) is 0 Å². The number of amides is 2. The molecule has 0 spiro atoms. The maximum absolute atomic E-state index is 13.8. The van der Waals surface area contributed by atoms with Gasteiger partial charge in [-0.15, -0.1) is 0 Å². The molecular formula is C27H31N3O4. The van der Waals surface area contributed by atoms with Gasteiger partial charge in [0.15, 0.2) is 0 Å². The maximum Gasteiger partial charge on any atom is 0.271 e. The lowest BCUT2D eigenvalue weighted by molar-refractivity contribution is -0.133. The fraction of sp³-hybridized carbons (Fsp3) is 0.407. The van der Waals surface area contributed by atoms with Crippen molar-refractivity contribution in [3.8, 4) is 5.75 Å². The predicted octanol–water partition coefficient (Wildman–Crippen LogP) is 3.40. The summed E-state index contributed by atoms with van der Waals surface area (Å²) in [5.74, 6) is 0.434. The number of aromatic nitrogens is 1. The largest absolute Gasteiger partial charge is 0.497 e. The van der Waals surface area contributed by atoms with Gasteiger partial charge in [-0.05, 0) is 49.9 Å². The molecule has 1 N–H and O–H groups in total. The monoisotopic (exact) mass is 461 g/mol. The standard InChI is InChI=1S/C27H31N3O4/c1-27(26(32)28-17-22-9-6-14-34-22)18-29-23-16-21(33-2)11-10-20(23)15-24(29)25(31)30(27)13-12-19-7-4-3-5-8-19/h3-5,7-8,10-11,15-16,22H,6,9,12-14,17-18H2,1-2H3,(H,28,32)/t22-,27+/m1/s1. The van der Waals surface area contributed by atoms with Crippen molar-refractivity contribution in [2.45, 2.75) is 44.4 Å². The second kappa shape index (κ2) is 9.14. The smallest absolute Gasteiger partial charge is 0.271 e. The van der Waals surface area contributed by atoms with Gasteiger partial charge in [-0.2, -0.15) is 0 Å². The third kappa shape index (κ3) is 4.05. The van der Waals surface area contributed by atoms with Gasteiger partial charge in [-0.3, -0.25) is 9.59 Å². The third-order valence-corrected chi connectivity index (χ3v) is 7.11. The summed E-state index contributed by atoms with van der Waals surface area (Å²) >= 11 is 0. The molecule has 0 radical (unpaired) electrons. The minimum atomic E-state index is -1.04. The summed E-state index contributed by atoms with van der Waals surface area (Å²) in [4.78, 5) is 29.2. The van der Waals surface area contributed by atoms with Gasteiger partial charge in [0.2, 0.25) is 5.91 Å². The Morgan fingerprint density at radius 2 is 2.03 bits per heavy atom. The van der Waals surface area contributed by atoms with E-state index >= 15 is 0 Å². The predicted molar refractivity (Wildman–Crippen MR) is 130 cm³/mol. The van der Waals surface area contributed by atoms with Gasteiger partial charge in [0.05, 0.1) is 25.3 Å². The van der Waals surface area contributed by atoms with Gasteiger partial charge in [0, 0.05) is 31.1 Å². The zero-order valence-corrected chi connectivity index (χ0v) is 19.8. The normalized spacial score (nSPS) is 22.1. The molecule has 178 valence electrons. The Kier molecular flexibility index (Phi) is 6.04. The topological polar surface area (TPSA) is 72.8 Å². The summed E-state index contributed by atoms with van der Waals surface area (Å²) in [6.45, 7) is 3.90. The second-order valence-electron chi connectivity index (χ2n) is 9.35. The molecule has 2 atom stereocenters. The molecule has 7 heteroatoms. The van der Waals surface area contributed by atoms with E-state index in [1.807, 2.05) is 66.1 Å². The molecule has 5 rings (SSSR count). The first-order chi connectivity index (χ1) is 16.5. The van der Waals surface area contributed by atoms with Crippen LogP contribution in [0.3, 0.4) is 0 Å². The van der Waals surface area contributed by atoms with E-state index < -0.39 is 5.54 Å². The van der Waals surface area contributed by atoms with Crippen molar-refractivity contribution in [2.75, 3.05) is 26.8 Å². The highest BCUT2D eigenvalue weighted by Gasteiger charge is 2.47. The molecular weight excluding hydrogens is 430 g/mol. The van der Waals surface area contributed by atoms with Gasteiger partial charge in [-0.1, -0.05) is 30.3 Å². The van der Waals surface area contributed by atoms with Crippen LogP contribution in [-0.2, 0) is 22.5 Å². The Hall–Kier alpha value is -3.32. The minimum absolute atomic E-state index is 0.0387. The van der Waals surface area contributed by atoms with Crippen LogP contribution in [0.4, 0.5) is 0 Å². The van der Waals surface area contributed by atoms with Gasteiger partial charge in [0.1, 0.15) is 17.0 Å². The molecule has 1 fully saturated rings. The quantitative estimate of drug-likeness (QED) is 0.585. The Morgan fingerprint density at radius 1 is 1.21 bits per heavy atom. The fourth-order valence-corrected chi connectivity index (χ4v) is 5.09. The van der Waals surface area contributed by atoms with Crippen molar-refractivity contribution >= 4 is 22.7 Å². The molecule has 2 aliphatic rings. The van der Waals surface area contributed by atoms with Crippen LogP contribution in [0.1, 0.15) is 35.8 Å². The number of hydrogen-bond donors (Lipinski definition) is 1. The number of carbonyl (C=O) groups excluding carboxylic acids is 2. The molecule has 34 heavy (non-hydrogen) atoms. The first kappa shape index (κ1) is 22.5. The summed E-state index contributed by atoms with van der Waals surface area (Å²) in [5, 5.41) is 4.04. The molecule has 0 unspecified atom stereocenters.